The summed E-state index contributed by atoms with van der Waals surface area (Å²) in [5.41, 5.74) is 4.66. The van der Waals surface area contributed by atoms with Gasteiger partial charge >= 0.3 is 0 Å². The van der Waals surface area contributed by atoms with Gasteiger partial charge in [0.25, 0.3) is 0 Å². The minimum atomic E-state index is -0.126. The number of hydrogen-bond donors (Lipinski definition) is 5. The van der Waals surface area contributed by atoms with Gasteiger partial charge in [-0.3, -0.25) is 5.84 Å². The van der Waals surface area contributed by atoms with Crippen molar-refractivity contribution in [1.29, 1.82) is 0 Å². The van der Waals surface area contributed by atoms with E-state index in [-0.39, 0.29) is 19.8 Å². The molecule has 0 spiro atoms. The first-order chi connectivity index (χ1) is 8.26. The van der Waals surface area contributed by atoms with Crippen molar-refractivity contribution >= 4 is 11.4 Å². The van der Waals surface area contributed by atoms with Gasteiger partial charge in [-0.05, 0) is 18.2 Å². The van der Waals surface area contributed by atoms with Gasteiger partial charge in [0, 0.05) is 24.3 Å². The zero-order valence-electron chi connectivity index (χ0n) is 9.63. The first kappa shape index (κ1) is 13.7. The summed E-state index contributed by atoms with van der Waals surface area (Å²) >= 11 is 0. The summed E-state index contributed by atoms with van der Waals surface area (Å²) in [4.78, 5) is 1.83. The van der Waals surface area contributed by atoms with Gasteiger partial charge in [-0.15, -0.1) is 0 Å². The highest BCUT2D eigenvalue weighted by molar-refractivity contribution is 5.60. The van der Waals surface area contributed by atoms with Gasteiger partial charge in [0.05, 0.1) is 25.5 Å². The number of hydrogen-bond acceptors (Lipinski definition) is 6. The van der Waals surface area contributed by atoms with Crippen LogP contribution in [-0.2, 0) is 6.61 Å². The highest BCUT2D eigenvalue weighted by Crippen LogP contribution is 2.22. The molecule has 1 aromatic carbocycles. The van der Waals surface area contributed by atoms with Crippen LogP contribution in [0.4, 0.5) is 11.4 Å². The summed E-state index contributed by atoms with van der Waals surface area (Å²) in [5, 5.41) is 27.1. The number of nitrogens with zero attached hydrogens (tertiary/aromatic N) is 1. The standard InChI is InChI=1S/C11H19N3O3/c12-13-11-2-1-10(7-9(11)8-17)14(3-5-15)4-6-16/h1-2,7,13,15-17H,3-6,8,12H2. The summed E-state index contributed by atoms with van der Waals surface area (Å²) in [5.74, 6) is 5.32. The first-order valence-electron chi connectivity index (χ1n) is 5.44. The second-order valence-corrected chi connectivity index (χ2v) is 3.58. The third-order valence-corrected chi connectivity index (χ3v) is 2.52. The number of nitrogen functional groups attached to an aromatic ring is 1. The molecule has 0 aliphatic carbocycles. The average Bonchev–Trinajstić information content (AvgIpc) is 2.37. The number of anilines is 2. The van der Waals surface area contributed by atoms with Crippen LogP contribution in [0.5, 0.6) is 0 Å². The fourth-order valence-electron chi connectivity index (χ4n) is 1.66. The van der Waals surface area contributed by atoms with E-state index in [0.29, 0.717) is 24.3 Å². The summed E-state index contributed by atoms with van der Waals surface area (Å²) in [6, 6.07) is 5.35. The Bertz CT molecular complexity index is 341. The molecule has 17 heavy (non-hydrogen) atoms. The van der Waals surface area contributed by atoms with Gasteiger partial charge in [-0.2, -0.15) is 0 Å². The zero-order valence-corrected chi connectivity index (χ0v) is 9.63. The van der Waals surface area contributed by atoms with Crippen LogP contribution in [0.3, 0.4) is 0 Å². The van der Waals surface area contributed by atoms with Gasteiger partial charge in [0.15, 0.2) is 0 Å². The Morgan fingerprint density at radius 3 is 2.24 bits per heavy atom. The molecule has 0 saturated heterocycles. The second-order valence-electron chi connectivity index (χ2n) is 3.58. The van der Waals surface area contributed by atoms with Crippen molar-refractivity contribution in [2.45, 2.75) is 6.61 Å². The molecule has 0 bridgehead atoms. The summed E-state index contributed by atoms with van der Waals surface area (Å²) < 4.78 is 0. The predicted molar refractivity (Wildman–Crippen MR) is 66.6 cm³/mol. The van der Waals surface area contributed by atoms with Crippen LogP contribution in [0.1, 0.15) is 5.56 Å². The monoisotopic (exact) mass is 241 g/mol. The van der Waals surface area contributed by atoms with Crippen LogP contribution in [-0.4, -0.2) is 41.6 Å². The molecule has 0 amide bonds. The first-order valence-corrected chi connectivity index (χ1v) is 5.44. The normalized spacial score (nSPS) is 10.4. The molecular weight excluding hydrogens is 222 g/mol. The molecule has 1 aromatic rings. The summed E-state index contributed by atoms with van der Waals surface area (Å²) in [6.45, 7) is 0.748. The van der Waals surface area contributed by atoms with E-state index in [2.05, 4.69) is 5.43 Å². The van der Waals surface area contributed by atoms with E-state index in [9.17, 15) is 5.11 Å². The minimum absolute atomic E-state index is 0.00531. The lowest BCUT2D eigenvalue weighted by molar-refractivity contribution is 0.280. The Labute approximate surface area is 100 Å². The number of benzene rings is 1. The van der Waals surface area contributed by atoms with E-state index in [4.69, 9.17) is 16.1 Å². The molecule has 0 radical (unpaired) electrons. The number of hydrazine groups is 1. The molecule has 0 saturated carbocycles. The Morgan fingerprint density at radius 2 is 1.76 bits per heavy atom. The Kier molecular flexibility index (Phi) is 5.71. The zero-order chi connectivity index (χ0) is 12.7. The van der Waals surface area contributed by atoms with Crippen LogP contribution in [0, 0.1) is 0 Å². The van der Waals surface area contributed by atoms with Crippen molar-refractivity contribution in [2.24, 2.45) is 5.84 Å². The fraction of sp³-hybridized carbons (Fsp3) is 0.455. The van der Waals surface area contributed by atoms with Crippen LogP contribution in [0.15, 0.2) is 18.2 Å². The number of nitrogens with two attached hydrogens (primary N) is 1. The number of rotatable bonds is 7. The molecule has 96 valence electrons. The van der Waals surface area contributed by atoms with E-state index in [1.165, 1.54) is 0 Å². The second kappa shape index (κ2) is 7.08. The molecule has 0 fully saturated rings. The largest absolute Gasteiger partial charge is 0.395 e. The smallest absolute Gasteiger partial charge is 0.0703 e. The van der Waals surface area contributed by atoms with E-state index >= 15 is 0 Å². The molecule has 0 aliphatic heterocycles. The van der Waals surface area contributed by atoms with Gasteiger partial charge in [0.2, 0.25) is 0 Å². The van der Waals surface area contributed by atoms with Gasteiger partial charge in [-0.1, -0.05) is 0 Å². The van der Waals surface area contributed by atoms with Crippen molar-refractivity contribution in [3.8, 4) is 0 Å². The number of aliphatic hydroxyl groups excluding tert-OH is 3. The lowest BCUT2D eigenvalue weighted by Gasteiger charge is -2.24. The SMILES string of the molecule is NNc1ccc(N(CCO)CCO)cc1CO. The fourth-order valence-corrected chi connectivity index (χ4v) is 1.66. The number of aliphatic hydroxyl groups is 3. The van der Waals surface area contributed by atoms with E-state index in [1.807, 2.05) is 11.0 Å². The molecule has 6 nitrogen and oxygen atoms in total. The molecule has 6 N–H and O–H groups in total. The van der Waals surface area contributed by atoms with Crippen LogP contribution >= 0.6 is 0 Å². The summed E-state index contributed by atoms with van der Waals surface area (Å²) in [7, 11) is 0. The molecule has 0 atom stereocenters. The predicted octanol–water partition coefficient (Wildman–Crippen LogP) is -0.745. The van der Waals surface area contributed by atoms with Crippen molar-refractivity contribution < 1.29 is 15.3 Å². The van der Waals surface area contributed by atoms with Crippen molar-refractivity contribution in [3.05, 3.63) is 23.8 Å². The maximum Gasteiger partial charge on any atom is 0.0703 e. The molecular formula is C11H19N3O3. The molecule has 0 aliphatic rings. The third kappa shape index (κ3) is 3.57. The topological polar surface area (TPSA) is 102 Å². The van der Waals surface area contributed by atoms with E-state index < -0.39 is 0 Å². The summed E-state index contributed by atoms with van der Waals surface area (Å²) in [6.07, 6.45) is 0. The lowest BCUT2D eigenvalue weighted by atomic mass is 10.1. The molecule has 0 heterocycles. The Hall–Kier alpha value is -1.34. The highest BCUT2D eigenvalue weighted by Gasteiger charge is 2.08. The van der Waals surface area contributed by atoms with Crippen LogP contribution < -0.4 is 16.2 Å². The van der Waals surface area contributed by atoms with Gasteiger partial charge in [-0.25, -0.2) is 0 Å². The quantitative estimate of drug-likeness (QED) is 0.318. The Morgan fingerprint density at radius 1 is 1.12 bits per heavy atom. The van der Waals surface area contributed by atoms with E-state index in [0.717, 1.165) is 5.69 Å². The average molecular weight is 241 g/mol. The third-order valence-electron chi connectivity index (χ3n) is 2.52. The molecule has 0 aromatic heterocycles. The van der Waals surface area contributed by atoms with Crippen molar-refractivity contribution in [1.82, 2.24) is 0 Å². The molecule has 1 rings (SSSR count). The van der Waals surface area contributed by atoms with E-state index in [1.54, 1.807) is 12.1 Å². The van der Waals surface area contributed by atoms with Crippen molar-refractivity contribution in [2.75, 3.05) is 36.6 Å². The van der Waals surface area contributed by atoms with Gasteiger partial charge in [0.1, 0.15) is 0 Å². The van der Waals surface area contributed by atoms with Gasteiger partial charge < -0.3 is 25.6 Å². The van der Waals surface area contributed by atoms with Crippen molar-refractivity contribution in [3.63, 3.8) is 0 Å². The molecule has 6 heteroatoms. The van der Waals surface area contributed by atoms with Crippen LogP contribution in [0.2, 0.25) is 0 Å². The van der Waals surface area contributed by atoms with Crippen LogP contribution in [0.25, 0.3) is 0 Å². The minimum Gasteiger partial charge on any atom is -0.395 e. The Balaban J connectivity index is 2.94. The highest BCUT2D eigenvalue weighted by atomic mass is 16.3. The number of nitrogens with one attached hydrogen (secondary N) is 1. The lowest BCUT2D eigenvalue weighted by Crippen LogP contribution is -2.29. The maximum absolute atomic E-state index is 9.20. The molecule has 0 unspecified atom stereocenters. The maximum atomic E-state index is 9.20.